The molecule has 6 heteroatoms. The largest absolute Gasteiger partial charge is 0.477 e. The van der Waals surface area contributed by atoms with Gasteiger partial charge in [-0.2, -0.15) is 0 Å². The van der Waals surface area contributed by atoms with Crippen molar-refractivity contribution in [1.29, 1.82) is 0 Å². The van der Waals surface area contributed by atoms with Crippen LogP contribution in [0, 0.1) is 9.49 Å². The number of carbonyl (C=O) groups is 1. The third kappa shape index (κ3) is 3.33. The van der Waals surface area contributed by atoms with Gasteiger partial charge in [-0.15, -0.1) is 0 Å². The van der Waals surface area contributed by atoms with Crippen LogP contribution >= 0.6 is 22.6 Å². The lowest BCUT2D eigenvalue weighted by molar-refractivity contribution is 0.0694. The monoisotopic (exact) mass is 415 g/mol. The Morgan fingerprint density at radius 2 is 2.05 bits per heavy atom. The predicted octanol–water partition coefficient (Wildman–Crippen LogP) is 2.88. The van der Waals surface area contributed by atoms with Crippen LogP contribution in [0.25, 0.3) is 10.9 Å². The van der Waals surface area contributed by atoms with Crippen molar-refractivity contribution in [3.05, 3.63) is 43.8 Å². The number of pyridine rings is 1. The van der Waals surface area contributed by atoms with Crippen molar-refractivity contribution in [3.63, 3.8) is 0 Å². The maximum atomic E-state index is 12.3. The first-order valence-electron chi connectivity index (χ1n) is 7.03. The molecule has 2 N–H and O–H groups in total. The van der Waals surface area contributed by atoms with Crippen LogP contribution in [-0.2, 0) is 0 Å². The zero-order valence-electron chi connectivity index (χ0n) is 12.4. The van der Waals surface area contributed by atoms with Crippen molar-refractivity contribution < 1.29 is 15.0 Å². The number of fused-ring (bicyclic) bond motifs is 1. The Bertz CT molecular complexity index is 767. The van der Waals surface area contributed by atoms with E-state index in [1.165, 1.54) is 6.20 Å². The third-order valence-corrected chi connectivity index (χ3v) is 4.24. The van der Waals surface area contributed by atoms with Crippen molar-refractivity contribution in [3.8, 4) is 0 Å². The van der Waals surface area contributed by atoms with Gasteiger partial charge < -0.3 is 14.8 Å². The molecule has 0 saturated heterocycles. The summed E-state index contributed by atoms with van der Waals surface area (Å²) in [6.45, 7) is 3.96. The van der Waals surface area contributed by atoms with Crippen LogP contribution in [-0.4, -0.2) is 27.4 Å². The van der Waals surface area contributed by atoms with Crippen molar-refractivity contribution in [2.24, 2.45) is 5.92 Å². The number of aliphatic hydroxyl groups excluding tert-OH is 1. The van der Waals surface area contributed by atoms with E-state index >= 15 is 0 Å². The Balaban J connectivity index is 2.79. The number of aromatic carboxylic acids is 1. The van der Waals surface area contributed by atoms with Gasteiger partial charge in [-0.1, -0.05) is 13.8 Å². The molecule has 0 amide bonds. The summed E-state index contributed by atoms with van der Waals surface area (Å²) in [7, 11) is 0. The fourth-order valence-electron chi connectivity index (χ4n) is 2.60. The average molecular weight is 415 g/mol. The molecule has 22 heavy (non-hydrogen) atoms. The number of benzene rings is 1. The SMILES string of the molecule is CC(C)CC(CO)n1cc(C(=O)O)c(=O)c2cc(I)ccc21. The molecule has 0 fully saturated rings. The highest BCUT2D eigenvalue weighted by Gasteiger charge is 2.19. The van der Waals surface area contributed by atoms with E-state index in [-0.39, 0.29) is 18.2 Å². The number of aliphatic hydroxyl groups is 1. The quantitative estimate of drug-likeness (QED) is 0.737. The van der Waals surface area contributed by atoms with E-state index in [0.29, 0.717) is 23.2 Å². The van der Waals surface area contributed by atoms with Crippen molar-refractivity contribution in [2.45, 2.75) is 26.3 Å². The van der Waals surface area contributed by atoms with Gasteiger partial charge in [0, 0.05) is 15.2 Å². The third-order valence-electron chi connectivity index (χ3n) is 3.57. The van der Waals surface area contributed by atoms with E-state index in [1.807, 2.05) is 19.9 Å². The highest BCUT2D eigenvalue weighted by atomic mass is 127. The molecule has 118 valence electrons. The Morgan fingerprint density at radius 3 is 2.59 bits per heavy atom. The molecule has 1 aromatic carbocycles. The summed E-state index contributed by atoms with van der Waals surface area (Å²) in [5, 5.41) is 19.3. The van der Waals surface area contributed by atoms with Gasteiger partial charge in [0.05, 0.1) is 18.2 Å². The van der Waals surface area contributed by atoms with Crippen molar-refractivity contribution in [1.82, 2.24) is 4.57 Å². The number of carboxylic acid groups (broad SMARTS) is 1. The van der Waals surface area contributed by atoms with Gasteiger partial charge in [0.25, 0.3) is 0 Å². The van der Waals surface area contributed by atoms with Gasteiger partial charge >= 0.3 is 5.97 Å². The van der Waals surface area contributed by atoms with Crippen LogP contribution < -0.4 is 5.43 Å². The van der Waals surface area contributed by atoms with Gasteiger partial charge in [-0.25, -0.2) is 4.79 Å². The number of hydrogen-bond acceptors (Lipinski definition) is 3. The van der Waals surface area contributed by atoms with E-state index in [9.17, 15) is 19.8 Å². The van der Waals surface area contributed by atoms with Gasteiger partial charge in [-0.05, 0) is 53.1 Å². The standard InChI is InChI=1S/C16H18INO4/c1-9(2)5-11(8-19)18-7-13(16(21)22)15(20)12-6-10(17)3-4-14(12)18/h3-4,6-7,9,11,19H,5,8H2,1-2H3,(H,21,22). The maximum Gasteiger partial charge on any atom is 0.341 e. The Labute approximate surface area is 141 Å². The molecule has 1 heterocycles. The maximum absolute atomic E-state index is 12.3. The number of rotatable bonds is 5. The summed E-state index contributed by atoms with van der Waals surface area (Å²) in [5.41, 5.74) is -0.106. The van der Waals surface area contributed by atoms with Crippen molar-refractivity contribution in [2.75, 3.05) is 6.61 Å². The number of hydrogen-bond donors (Lipinski definition) is 2. The van der Waals surface area contributed by atoms with Gasteiger partial charge in [0.15, 0.2) is 0 Å². The van der Waals surface area contributed by atoms with Crippen LogP contribution in [0.3, 0.4) is 0 Å². The molecule has 2 rings (SSSR count). The Kier molecular flexibility index (Phi) is 5.23. The highest BCUT2D eigenvalue weighted by Crippen LogP contribution is 2.23. The van der Waals surface area contributed by atoms with Crippen molar-refractivity contribution >= 4 is 39.5 Å². The molecular formula is C16H18INO4. The molecule has 0 bridgehead atoms. The minimum Gasteiger partial charge on any atom is -0.477 e. The van der Waals surface area contributed by atoms with E-state index in [1.54, 1.807) is 16.7 Å². The zero-order valence-corrected chi connectivity index (χ0v) is 14.6. The molecule has 0 radical (unpaired) electrons. The Morgan fingerprint density at radius 1 is 1.36 bits per heavy atom. The lowest BCUT2D eigenvalue weighted by Gasteiger charge is -2.23. The number of nitrogens with zero attached hydrogens (tertiary/aromatic N) is 1. The van der Waals surface area contributed by atoms with E-state index in [2.05, 4.69) is 22.6 Å². The van der Waals surface area contributed by atoms with E-state index in [0.717, 1.165) is 3.57 Å². The van der Waals surface area contributed by atoms with Gasteiger partial charge in [0.1, 0.15) is 5.56 Å². The van der Waals surface area contributed by atoms with E-state index in [4.69, 9.17) is 0 Å². The summed E-state index contributed by atoms with van der Waals surface area (Å²) in [5.74, 6) is -0.912. The molecule has 0 aliphatic rings. The van der Waals surface area contributed by atoms with Gasteiger partial charge in [-0.3, -0.25) is 4.79 Å². The number of halogens is 1. The summed E-state index contributed by atoms with van der Waals surface area (Å²) in [6, 6.07) is 5.09. The van der Waals surface area contributed by atoms with Crippen LogP contribution in [0.4, 0.5) is 0 Å². The van der Waals surface area contributed by atoms with E-state index < -0.39 is 11.4 Å². The lowest BCUT2D eigenvalue weighted by atomic mass is 10.0. The molecule has 1 aromatic heterocycles. The molecule has 0 aliphatic heterocycles. The van der Waals surface area contributed by atoms with Gasteiger partial charge in [0.2, 0.25) is 5.43 Å². The highest BCUT2D eigenvalue weighted by molar-refractivity contribution is 14.1. The molecular weight excluding hydrogens is 397 g/mol. The van der Waals surface area contributed by atoms with Crippen LogP contribution in [0.1, 0.15) is 36.7 Å². The summed E-state index contributed by atoms with van der Waals surface area (Å²) >= 11 is 2.09. The first-order valence-corrected chi connectivity index (χ1v) is 8.11. The Hall–Kier alpha value is -1.41. The normalized spacial score (nSPS) is 12.8. The number of carboxylic acids is 1. The summed E-state index contributed by atoms with van der Waals surface area (Å²) < 4.78 is 2.58. The molecule has 0 spiro atoms. The summed E-state index contributed by atoms with van der Waals surface area (Å²) in [6.07, 6.45) is 2.04. The van der Waals surface area contributed by atoms with Crippen LogP contribution in [0.2, 0.25) is 0 Å². The molecule has 1 unspecified atom stereocenters. The first kappa shape index (κ1) is 17.0. The minimum absolute atomic E-state index is 0.110. The minimum atomic E-state index is -1.25. The lowest BCUT2D eigenvalue weighted by Crippen LogP contribution is -2.23. The number of aromatic nitrogens is 1. The van der Waals surface area contributed by atoms with Crippen LogP contribution in [0.15, 0.2) is 29.2 Å². The molecule has 0 aliphatic carbocycles. The summed E-state index contributed by atoms with van der Waals surface area (Å²) in [4.78, 5) is 23.7. The first-order chi connectivity index (χ1) is 10.3. The zero-order chi connectivity index (χ0) is 16.4. The molecule has 1 atom stereocenters. The predicted molar refractivity (Wildman–Crippen MR) is 93.5 cm³/mol. The topological polar surface area (TPSA) is 79.5 Å². The fourth-order valence-corrected chi connectivity index (χ4v) is 3.09. The second-order valence-electron chi connectivity index (χ2n) is 5.71. The second-order valence-corrected chi connectivity index (χ2v) is 6.96. The fraction of sp³-hybridized carbons (Fsp3) is 0.375. The smallest absolute Gasteiger partial charge is 0.341 e. The average Bonchev–Trinajstić information content (AvgIpc) is 2.45. The molecule has 2 aromatic rings. The molecule has 5 nitrogen and oxygen atoms in total. The van der Waals surface area contributed by atoms with Crippen LogP contribution in [0.5, 0.6) is 0 Å². The second kappa shape index (κ2) is 6.78. The molecule has 0 saturated carbocycles.